The number of carbonyl (C=O) groups is 1. The molecule has 1 unspecified atom stereocenters. The van der Waals surface area contributed by atoms with Crippen molar-refractivity contribution in [3.8, 4) is 0 Å². The minimum atomic E-state index is -1.04. The lowest BCUT2D eigenvalue weighted by Crippen LogP contribution is -2.36. The number of nitrogens with one attached hydrogen (secondary N) is 1. The molecule has 1 atom stereocenters. The van der Waals surface area contributed by atoms with Crippen LogP contribution in [0.1, 0.15) is 23.7 Å². The van der Waals surface area contributed by atoms with Crippen molar-refractivity contribution < 1.29 is 9.90 Å². The summed E-state index contributed by atoms with van der Waals surface area (Å²) in [5.74, 6) is -0.165. The number of aromatic nitrogens is 8. The first-order chi connectivity index (χ1) is 14.1. The van der Waals surface area contributed by atoms with Gasteiger partial charge in [0.1, 0.15) is 6.04 Å². The number of carboxylic acids is 1. The van der Waals surface area contributed by atoms with Crippen molar-refractivity contribution >= 4 is 49.3 Å². The summed E-state index contributed by atoms with van der Waals surface area (Å²) >= 11 is 5.17. The van der Waals surface area contributed by atoms with E-state index < -0.39 is 12.0 Å². The number of halogens is 1. The Morgan fingerprint density at radius 2 is 2.14 bits per heavy atom. The third-order valence-corrected chi connectivity index (χ3v) is 7.11. The molecule has 13 heteroatoms. The summed E-state index contributed by atoms with van der Waals surface area (Å²) in [4.78, 5) is 14.8. The molecule has 146 valence electrons. The highest BCUT2D eigenvalue weighted by molar-refractivity contribution is 9.10. The normalized spacial score (nSPS) is 16.5. The number of nitrogens with zero attached hydrogens (tertiary/aromatic N) is 8. The average Bonchev–Trinajstić information content (AvgIpc) is 3.44. The van der Waals surface area contributed by atoms with Gasteiger partial charge in [-0.25, -0.2) is 9.89 Å². The van der Waals surface area contributed by atoms with Gasteiger partial charge in [0, 0.05) is 25.1 Å². The molecule has 0 saturated heterocycles. The SMILES string of the molecule is CC1=C(C(=O)O)C(c2sc3ccccc3c2Br)n2nnnc2N1Cc1nnn[nH]1. The van der Waals surface area contributed by atoms with Crippen LogP contribution in [-0.4, -0.2) is 51.9 Å². The Morgan fingerprint density at radius 3 is 2.86 bits per heavy atom. The van der Waals surface area contributed by atoms with Crippen molar-refractivity contribution in [1.29, 1.82) is 0 Å². The van der Waals surface area contributed by atoms with Crippen molar-refractivity contribution in [1.82, 2.24) is 40.8 Å². The number of anilines is 1. The molecule has 0 fully saturated rings. The molecule has 0 aliphatic carbocycles. The van der Waals surface area contributed by atoms with Crippen molar-refractivity contribution in [2.75, 3.05) is 4.90 Å². The second-order valence-electron chi connectivity index (χ2n) is 6.34. The number of benzene rings is 1. The molecule has 4 heterocycles. The zero-order chi connectivity index (χ0) is 20.1. The number of rotatable bonds is 4. The van der Waals surface area contributed by atoms with Gasteiger partial charge in [-0.3, -0.25) is 0 Å². The summed E-state index contributed by atoms with van der Waals surface area (Å²) in [6.45, 7) is 1.94. The fourth-order valence-electron chi connectivity index (χ4n) is 3.46. The lowest BCUT2D eigenvalue weighted by molar-refractivity contribution is -0.133. The predicted octanol–water partition coefficient (Wildman–Crippen LogP) is 2.13. The van der Waals surface area contributed by atoms with Crippen LogP contribution in [0, 0.1) is 0 Å². The van der Waals surface area contributed by atoms with Crippen LogP contribution in [-0.2, 0) is 11.3 Å². The quantitative estimate of drug-likeness (QED) is 0.455. The van der Waals surface area contributed by atoms with Crippen LogP contribution in [0.2, 0.25) is 0 Å². The van der Waals surface area contributed by atoms with Gasteiger partial charge >= 0.3 is 5.97 Å². The second kappa shape index (κ2) is 6.70. The molecule has 0 bridgehead atoms. The number of tetrazole rings is 2. The van der Waals surface area contributed by atoms with Crippen LogP contribution >= 0.6 is 27.3 Å². The van der Waals surface area contributed by atoms with Gasteiger partial charge in [-0.2, -0.15) is 4.68 Å². The molecule has 1 aliphatic heterocycles. The van der Waals surface area contributed by atoms with Crippen LogP contribution in [0.15, 0.2) is 40.0 Å². The van der Waals surface area contributed by atoms with Gasteiger partial charge in [0.05, 0.1) is 12.1 Å². The monoisotopic (exact) mass is 473 g/mol. The van der Waals surface area contributed by atoms with E-state index in [9.17, 15) is 9.90 Å². The Bertz CT molecular complexity index is 1260. The van der Waals surface area contributed by atoms with Crippen molar-refractivity contribution in [2.45, 2.75) is 19.5 Å². The molecular weight excluding hydrogens is 462 g/mol. The van der Waals surface area contributed by atoms with Crippen LogP contribution in [0.5, 0.6) is 0 Å². The van der Waals surface area contributed by atoms with Gasteiger partial charge in [-0.15, -0.1) is 16.4 Å². The van der Waals surface area contributed by atoms with E-state index in [-0.39, 0.29) is 12.1 Å². The van der Waals surface area contributed by atoms with Crippen LogP contribution in [0.25, 0.3) is 10.1 Å². The Labute approximate surface area is 175 Å². The summed E-state index contributed by atoms with van der Waals surface area (Å²) in [5.41, 5.74) is 0.704. The molecule has 0 spiro atoms. The average molecular weight is 474 g/mol. The summed E-state index contributed by atoms with van der Waals surface area (Å²) in [5, 5.41) is 36.8. The predicted molar refractivity (Wildman–Crippen MR) is 106 cm³/mol. The van der Waals surface area contributed by atoms with Crippen molar-refractivity contribution in [3.05, 3.63) is 50.7 Å². The van der Waals surface area contributed by atoms with Gasteiger partial charge in [0.15, 0.2) is 5.82 Å². The van der Waals surface area contributed by atoms with E-state index in [0.717, 1.165) is 19.4 Å². The Morgan fingerprint density at radius 1 is 1.31 bits per heavy atom. The topological polar surface area (TPSA) is 139 Å². The minimum Gasteiger partial charge on any atom is -0.478 e. The zero-order valence-electron chi connectivity index (χ0n) is 14.8. The van der Waals surface area contributed by atoms with Crippen LogP contribution in [0.4, 0.5) is 5.95 Å². The van der Waals surface area contributed by atoms with E-state index in [1.54, 1.807) is 11.8 Å². The molecule has 4 aromatic rings. The van der Waals surface area contributed by atoms with Crippen LogP contribution < -0.4 is 4.90 Å². The number of allylic oxidation sites excluding steroid dienone is 1. The number of carboxylic acid groups (broad SMARTS) is 1. The molecule has 11 nitrogen and oxygen atoms in total. The Hall–Kier alpha value is -3.19. The Balaban J connectivity index is 1.72. The van der Waals surface area contributed by atoms with Gasteiger partial charge in [0.25, 0.3) is 5.95 Å². The minimum absolute atomic E-state index is 0.185. The maximum Gasteiger partial charge on any atom is 0.335 e. The maximum absolute atomic E-state index is 12.3. The first-order valence-corrected chi connectivity index (χ1v) is 10.1. The lowest BCUT2D eigenvalue weighted by atomic mass is 10.0. The zero-order valence-corrected chi connectivity index (χ0v) is 17.2. The molecule has 1 aromatic carbocycles. The molecule has 3 aromatic heterocycles. The van der Waals surface area contributed by atoms with E-state index in [4.69, 9.17) is 0 Å². The number of fused-ring (bicyclic) bond motifs is 2. The molecule has 29 heavy (non-hydrogen) atoms. The van der Waals surface area contributed by atoms with E-state index in [0.29, 0.717) is 17.5 Å². The highest BCUT2D eigenvalue weighted by Crippen LogP contribution is 2.46. The van der Waals surface area contributed by atoms with E-state index in [1.807, 2.05) is 24.3 Å². The highest BCUT2D eigenvalue weighted by atomic mass is 79.9. The third kappa shape index (κ3) is 2.73. The first-order valence-electron chi connectivity index (χ1n) is 8.45. The fourth-order valence-corrected chi connectivity index (χ4v) is 5.59. The molecule has 2 N–H and O–H groups in total. The molecule has 0 radical (unpaired) electrons. The second-order valence-corrected chi connectivity index (χ2v) is 8.22. The highest BCUT2D eigenvalue weighted by Gasteiger charge is 2.40. The van der Waals surface area contributed by atoms with E-state index >= 15 is 0 Å². The number of hydrogen-bond donors (Lipinski definition) is 2. The molecule has 0 saturated carbocycles. The summed E-state index contributed by atoms with van der Waals surface area (Å²) in [6.07, 6.45) is 0. The molecular formula is C16H12BrN9O2S. The van der Waals surface area contributed by atoms with E-state index in [1.165, 1.54) is 16.0 Å². The largest absolute Gasteiger partial charge is 0.478 e. The van der Waals surface area contributed by atoms with Crippen molar-refractivity contribution in [3.63, 3.8) is 0 Å². The number of aliphatic carboxylic acids is 1. The maximum atomic E-state index is 12.3. The molecule has 0 amide bonds. The molecule has 1 aliphatic rings. The van der Waals surface area contributed by atoms with Crippen molar-refractivity contribution in [2.24, 2.45) is 0 Å². The number of aromatic amines is 1. The van der Waals surface area contributed by atoms with E-state index in [2.05, 4.69) is 52.1 Å². The lowest BCUT2D eigenvalue weighted by Gasteiger charge is -2.33. The third-order valence-electron chi connectivity index (χ3n) is 4.77. The fraction of sp³-hybridized carbons (Fsp3) is 0.188. The standard InChI is InChI=1S/C16H12BrN9O2S/c1-7-11(15(27)28)13(14-12(17)8-4-2-3-5-9(8)29-14)26-16(20-23-24-26)25(7)6-10-18-21-22-19-10/h2-5,13H,6H2,1H3,(H,27,28)(H,18,19,21,22). The first kappa shape index (κ1) is 17.9. The number of thiophene rings is 1. The summed E-state index contributed by atoms with van der Waals surface area (Å²) < 4.78 is 3.40. The summed E-state index contributed by atoms with van der Waals surface area (Å²) in [6, 6.07) is 7.21. The number of hydrogen-bond acceptors (Lipinski definition) is 9. The molecule has 5 rings (SSSR count). The summed E-state index contributed by atoms with van der Waals surface area (Å²) in [7, 11) is 0. The van der Waals surface area contributed by atoms with Gasteiger partial charge in [-0.1, -0.05) is 23.3 Å². The van der Waals surface area contributed by atoms with Crippen LogP contribution in [0.3, 0.4) is 0 Å². The smallest absolute Gasteiger partial charge is 0.335 e. The van der Waals surface area contributed by atoms with Gasteiger partial charge in [0.2, 0.25) is 0 Å². The van der Waals surface area contributed by atoms with Gasteiger partial charge in [-0.05, 0) is 49.8 Å². The Kier molecular flexibility index (Phi) is 4.13. The number of H-pyrrole nitrogens is 1. The van der Waals surface area contributed by atoms with Gasteiger partial charge < -0.3 is 10.0 Å².